The van der Waals surface area contributed by atoms with E-state index in [-0.39, 0.29) is 5.54 Å². The monoisotopic (exact) mass is 523 g/mol. The molecule has 1 aliphatic rings. The highest BCUT2D eigenvalue weighted by Crippen LogP contribution is 2.38. The number of nitrogens with one attached hydrogen (secondary N) is 1. The number of thiophene rings is 1. The highest BCUT2D eigenvalue weighted by molar-refractivity contribution is 7.21. The number of hydrogen-bond acceptors (Lipinski definition) is 7. The maximum Gasteiger partial charge on any atom is 0.260 e. The fraction of sp³-hybridized carbons (Fsp3) is 0.517. The zero-order valence-corrected chi connectivity index (χ0v) is 23.1. The molecule has 2 aromatic heterocycles. The Labute approximate surface area is 224 Å². The minimum Gasteiger partial charge on any atom is -0.397 e. The molecular formula is C29H41N5O2S. The number of carbonyl (C=O) groups excluding carboxylic acids is 1. The number of anilines is 2. The lowest BCUT2D eigenvalue weighted by Gasteiger charge is -2.42. The van der Waals surface area contributed by atoms with Crippen LogP contribution in [0.15, 0.2) is 36.4 Å². The number of piperidine rings is 1. The lowest BCUT2D eigenvalue weighted by atomic mass is 9.83. The number of nitrogen functional groups attached to an aromatic ring is 1. The standard InChI is InChI=1S/C29H41N5O2S/c1-4-10-20-17-23(32-28-24(20)25(30)26(37-28)27(31)36)34-15-13-21(14-16-34)33-29(5-2,6-3)18-22(35)19-11-8-7-9-12-19/h7-9,11-12,17,21-22,33,35H,4-6,10,13-16,18,30H2,1-3H3,(H2,31,36). The van der Waals surface area contributed by atoms with E-state index in [2.05, 4.69) is 37.1 Å². The molecule has 4 rings (SSSR count). The minimum absolute atomic E-state index is 0.104. The van der Waals surface area contributed by atoms with E-state index in [0.29, 0.717) is 23.0 Å². The summed E-state index contributed by atoms with van der Waals surface area (Å²) in [5.74, 6) is 0.451. The third kappa shape index (κ3) is 5.92. The molecule has 6 N–H and O–H groups in total. The SMILES string of the molecule is CCCc1cc(N2CCC(NC(CC)(CC)CC(O)c3ccccc3)CC2)nc2sc(C(N)=O)c(N)c12. The van der Waals surface area contributed by atoms with E-state index in [1.165, 1.54) is 11.3 Å². The van der Waals surface area contributed by atoms with Crippen LogP contribution in [0, 0.1) is 0 Å². The van der Waals surface area contributed by atoms with Gasteiger partial charge < -0.3 is 26.8 Å². The number of rotatable bonds is 11. The van der Waals surface area contributed by atoms with Crippen molar-refractivity contribution in [2.24, 2.45) is 5.73 Å². The number of aliphatic hydroxyl groups is 1. The van der Waals surface area contributed by atoms with E-state index >= 15 is 0 Å². The largest absolute Gasteiger partial charge is 0.397 e. The summed E-state index contributed by atoms with van der Waals surface area (Å²) in [5, 5.41) is 15.8. The summed E-state index contributed by atoms with van der Waals surface area (Å²) >= 11 is 1.29. The molecule has 1 aliphatic heterocycles. The molecule has 7 nitrogen and oxygen atoms in total. The van der Waals surface area contributed by atoms with Crippen LogP contribution in [0.5, 0.6) is 0 Å². The predicted octanol–water partition coefficient (Wildman–Crippen LogP) is 5.17. The highest BCUT2D eigenvalue weighted by Gasteiger charge is 2.33. The third-order valence-corrected chi connectivity index (χ3v) is 9.08. The van der Waals surface area contributed by atoms with Gasteiger partial charge in [0.2, 0.25) is 0 Å². The lowest BCUT2D eigenvalue weighted by molar-refractivity contribution is 0.100. The number of amides is 1. The summed E-state index contributed by atoms with van der Waals surface area (Å²) < 4.78 is 0. The van der Waals surface area contributed by atoms with Gasteiger partial charge in [-0.05, 0) is 55.7 Å². The van der Waals surface area contributed by atoms with Gasteiger partial charge in [-0.25, -0.2) is 4.98 Å². The van der Waals surface area contributed by atoms with Gasteiger partial charge in [-0.1, -0.05) is 57.5 Å². The zero-order valence-electron chi connectivity index (χ0n) is 22.3. The Morgan fingerprint density at radius 1 is 1.22 bits per heavy atom. The average molecular weight is 524 g/mol. The van der Waals surface area contributed by atoms with E-state index in [0.717, 1.165) is 78.8 Å². The molecule has 1 amide bonds. The molecule has 37 heavy (non-hydrogen) atoms. The molecule has 1 aromatic carbocycles. The summed E-state index contributed by atoms with van der Waals surface area (Å²) in [4.78, 5) is 20.3. The van der Waals surface area contributed by atoms with Crippen molar-refractivity contribution in [1.82, 2.24) is 10.3 Å². The fourth-order valence-electron chi connectivity index (χ4n) is 5.65. The van der Waals surface area contributed by atoms with E-state index in [1.54, 1.807) is 0 Å². The molecule has 3 aromatic rings. The van der Waals surface area contributed by atoms with Crippen LogP contribution in [-0.4, -0.2) is 40.7 Å². The maximum atomic E-state index is 11.9. The summed E-state index contributed by atoms with van der Waals surface area (Å²) in [6, 6.07) is 12.5. The normalized spacial score (nSPS) is 15.8. The van der Waals surface area contributed by atoms with Gasteiger partial charge in [0.05, 0.1) is 11.8 Å². The topological polar surface area (TPSA) is 117 Å². The Hall–Kier alpha value is -2.68. The fourth-order valence-corrected chi connectivity index (χ4v) is 6.64. The van der Waals surface area contributed by atoms with Gasteiger partial charge in [-0.3, -0.25) is 4.79 Å². The molecule has 3 heterocycles. The van der Waals surface area contributed by atoms with Gasteiger partial charge in [0.1, 0.15) is 15.5 Å². The second-order valence-corrected chi connectivity index (χ2v) is 11.3. The molecule has 0 saturated carbocycles. The zero-order chi connectivity index (χ0) is 26.6. The number of hydrogen-bond donors (Lipinski definition) is 4. The van der Waals surface area contributed by atoms with Crippen molar-refractivity contribution in [3.05, 3.63) is 52.4 Å². The molecule has 1 saturated heterocycles. The summed E-state index contributed by atoms with van der Waals surface area (Å²) in [6.07, 6.45) is 6.02. The number of nitrogens with two attached hydrogens (primary N) is 2. The number of fused-ring (bicyclic) bond motifs is 1. The number of primary amides is 1. The first-order valence-electron chi connectivity index (χ1n) is 13.6. The number of nitrogens with zero attached hydrogens (tertiary/aromatic N) is 2. The number of pyridine rings is 1. The lowest BCUT2D eigenvalue weighted by Crippen LogP contribution is -2.54. The number of aryl methyl sites for hydroxylation is 1. The first-order valence-corrected chi connectivity index (χ1v) is 14.4. The quantitative estimate of drug-likeness (QED) is 0.275. The van der Waals surface area contributed by atoms with Gasteiger partial charge in [0, 0.05) is 30.1 Å². The van der Waals surface area contributed by atoms with Crippen LogP contribution < -0.4 is 21.7 Å². The van der Waals surface area contributed by atoms with Crippen molar-refractivity contribution in [3.63, 3.8) is 0 Å². The van der Waals surface area contributed by atoms with Gasteiger partial charge in [0.15, 0.2) is 0 Å². The van der Waals surface area contributed by atoms with Crippen LogP contribution in [-0.2, 0) is 6.42 Å². The van der Waals surface area contributed by atoms with Crippen molar-refractivity contribution < 1.29 is 9.90 Å². The van der Waals surface area contributed by atoms with Crippen molar-refractivity contribution >= 4 is 39.0 Å². The minimum atomic E-state index is -0.496. The molecule has 1 unspecified atom stereocenters. The smallest absolute Gasteiger partial charge is 0.260 e. The molecular weight excluding hydrogens is 482 g/mol. The predicted molar refractivity (Wildman–Crippen MR) is 154 cm³/mol. The maximum absolute atomic E-state index is 11.9. The number of carbonyl (C=O) groups is 1. The third-order valence-electron chi connectivity index (χ3n) is 7.96. The van der Waals surface area contributed by atoms with Gasteiger partial charge in [0.25, 0.3) is 5.91 Å². The van der Waals surface area contributed by atoms with E-state index in [9.17, 15) is 9.90 Å². The van der Waals surface area contributed by atoms with Crippen LogP contribution in [0.1, 0.15) is 86.2 Å². The van der Waals surface area contributed by atoms with Crippen LogP contribution in [0.3, 0.4) is 0 Å². The van der Waals surface area contributed by atoms with E-state index in [1.807, 2.05) is 30.3 Å². The molecule has 0 aliphatic carbocycles. The number of aromatic nitrogens is 1. The van der Waals surface area contributed by atoms with Gasteiger partial charge in [-0.15, -0.1) is 11.3 Å². The highest BCUT2D eigenvalue weighted by atomic mass is 32.1. The Morgan fingerprint density at radius 3 is 2.49 bits per heavy atom. The van der Waals surface area contributed by atoms with Gasteiger partial charge in [-0.2, -0.15) is 0 Å². The Bertz CT molecular complexity index is 1200. The van der Waals surface area contributed by atoms with Crippen LogP contribution >= 0.6 is 11.3 Å². The second kappa shape index (κ2) is 11.8. The summed E-state index contributed by atoms with van der Waals surface area (Å²) in [5.41, 5.74) is 14.3. The molecule has 200 valence electrons. The Balaban J connectivity index is 1.47. The van der Waals surface area contributed by atoms with Crippen molar-refractivity contribution in [1.29, 1.82) is 0 Å². The van der Waals surface area contributed by atoms with E-state index in [4.69, 9.17) is 16.5 Å². The Morgan fingerprint density at radius 2 is 1.89 bits per heavy atom. The number of aliphatic hydroxyl groups excluding tert-OH is 1. The summed E-state index contributed by atoms with van der Waals surface area (Å²) in [7, 11) is 0. The molecule has 0 bridgehead atoms. The van der Waals surface area contributed by atoms with Crippen molar-refractivity contribution in [2.75, 3.05) is 23.7 Å². The van der Waals surface area contributed by atoms with E-state index < -0.39 is 12.0 Å². The van der Waals surface area contributed by atoms with Crippen LogP contribution in [0.25, 0.3) is 10.2 Å². The van der Waals surface area contributed by atoms with Crippen molar-refractivity contribution in [3.8, 4) is 0 Å². The Kier molecular flexibility index (Phi) is 8.72. The average Bonchev–Trinajstić information content (AvgIpc) is 3.26. The van der Waals surface area contributed by atoms with Crippen LogP contribution in [0.4, 0.5) is 11.5 Å². The van der Waals surface area contributed by atoms with Crippen molar-refractivity contribution in [2.45, 2.75) is 83.4 Å². The molecule has 8 heteroatoms. The molecule has 0 radical (unpaired) electrons. The second-order valence-electron chi connectivity index (χ2n) is 10.3. The first kappa shape index (κ1) is 27.4. The number of benzene rings is 1. The molecule has 1 fully saturated rings. The summed E-state index contributed by atoms with van der Waals surface area (Å²) in [6.45, 7) is 8.37. The van der Waals surface area contributed by atoms with Gasteiger partial charge >= 0.3 is 0 Å². The molecule has 0 spiro atoms. The molecule has 1 atom stereocenters. The van der Waals surface area contributed by atoms with Crippen LogP contribution in [0.2, 0.25) is 0 Å². The first-order chi connectivity index (χ1) is 17.8.